The predicted molar refractivity (Wildman–Crippen MR) is 101 cm³/mol. The Morgan fingerprint density at radius 2 is 1.78 bits per heavy atom. The molecule has 4 rings (SSSR count). The smallest absolute Gasteiger partial charge is 0.272 e. The topological polar surface area (TPSA) is 76.6 Å². The summed E-state index contributed by atoms with van der Waals surface area (Å²) in [5.74, 6) is 0.0360. The van der Waals surface area contributed by atoms with Crippen LogP contribution >= 0.6 is 0 Å². The molecule has 2 aliphatic heterocycles. The second kappa shape index (κ2) is 7.25. The fraction of sp³-hybridized carbons (Fsp3) is 0.450. The van der Waals surface area contributed by atoms with Gasteiger partial charge in [0.15, 0.2) is 5.79 Å². The zero-order chi connectivity index (χ0) is 18.9. The number of likely N-dealkylation sites (tertiary alicyclic amines) is 1. The summed E-state index contributed by atoms with van der Waals surface area (Å²) in [6.45, 7) is 6.55. The van der Waals surface area contributed by atoms with E-state index in [0.717, 1.165) is 16.8 Å². The highest BCUT2D eigenvalue weighted by atomic mass is 16.7. The lowest BCUT2D eigenvalue weighted by Gasteiger charge is -2.37. The van der Waals surface area contributed by atoms with Crippen LogP contribution in [0.3, 0.4) is 0 Å². The van der Waals surface area contributed by atoms with Crippen LogP contribution in [0.5, 0.6) is 0 Å². The van der Waals surface area contributed by atoms with Crippen LogP contribution in [-0.2, 0) is 9.47 Å². The van der Waals surface area contributed by atoms with Gasteiger partial charge in [0.05, 0.1) is 13.2 Å². The van der Waals surface area contributed by atoms with E-state index in [9.17, 15) is 4.79 Å². The number of aromatic nitrogens is 2. The van der Waals surface area contributed by atoms with Crippen LogP contribution in [0.1, 0.15) is 34.5 Å². The number of benzene rings is 1. The molecule has 0 radical (unpaired) electrons. The number of hydrogen-bond donors (Lipinski definition) is 1. The predicted octanol–water partition coefficient (Wildman–Crippen LogP) is 2.82. The molecule has 2 saturated heterocycles. The van der Waals surface area contributed by atoms with E-state index in [0.29, 0.717) is 50.7 Å². The maximum Gasteiger partial charge on any atom is 0.272 e. The number of amides is 1. The van der Waals surface area contributed by atoms with E-state index < -0.39 is 5.79 Å². The lowest BCUT2D eigenvalue weighted by Crippen LogP contribution is -2.47. The Morgan fingerprint density at radius 1 is 1.11 bits per heavy atom. The molecular formula is C20H24N4O3. The molecule has 0 aliphatic carbocycles. The second-order valence-electron chi connectivity index (χ2n) is 7.08. The summed E-state index contributed by atoms with van der Waals surface area (Å²) in [6, 6.07) is 7.81. The second-order valence-corrected chi connectivity index (χ2v) is 7.08. The van der Waals surface area contributed by atoms with Crippen LogP contribution in [0.25, 0.3) is 0 Å². The van der Waals surface area contributed by atoms with Gasteiger partial charge in [-0.25, -0.2) is 9.97 Å². The largest absolute Gasteiger partial charge is 0.347 e. The van der Waals surface area contributed by atoms with Gasteiger partial charge in [0, 0.05) is 37.7 Å². The van der Waals surface area contributed by atoms with Crippen molar-refractivity contribution in [1.82, 2.24) is 14.9 Å². The molecule has 1 spiro atoms. The summed E-state index contributed by atoms with van der Waals surface area (Å²) in [4.78, 5) is 23.1. The lowest BCUT2D eigenvalue weighted by molar-refractivity contribution is -0.181. The molecule has 1 amide bonds. The van der Waals surface area contributed by atoms with Gasteiger partial charge in [-0.3, -0.25) is 4.79 Å². The molecule has 27 heavy (non-hydrogen) atoms. The maximum atomic E-state index is 12.9. The number of nitrogens with zero attached hydrogens (tertiary/aromatic N) is 3. The highest BCUT2D eigenvalue weighted by Gasteiger charge is 2.41. The highest BCUT2D eigenvalue weighted by Crippen LogP contribution is 2.31. The van der Waals surface area contributed by atoms with Gasteiger partial charge in [-0.2, -0.15) is 0 Å². The van der Waals surface area contributed by atoms with Crippen molar-refractivity contribution in [3.63, 3.8) is 0 Å². The van der Waals surface area contributed by atoms with Gasteiger partial charge in [0.1, 0.15) is 17.8 Å². The number of anilines is 2. The van der Waals surface area contributed by atoms with Gasteiger partial charge in [-0.15, -0.1) is 0 Å². The Labute approximate surface area is 158 Å². The molecule has 0 bridgehead atoms. The average Bonchev–Trinajstić information content (AvgIpc) is 3.13. The van der Waals surface area contributed by atoms with Gasteiger partial charge in [-0.05, 0) is 25.0 Å². The third-order valence-corrected chi connectivity index (χ3v) is 5.25. The van der Waals surface area contributed by atoms with Crippen molar-refractivity contribution in [3.05, 3.63) is 47.4 Å². The van der Waals surface area contributed by atoms with Gasteiger partial charge >= 0.3 is 0 Å². The zero-order valence-electron chi connectivity index (χ0n) is 15.7. The normalized spacial score (nSPS) is 18.7. The molecule has 2 aromatic rings. The van der Waals surface area contributed by atoms with E-state index in [-0.39, 0.29) is 5.91 Å². The van der Waals surface area contributed by atoms with E-state index in [4.69, 9.17) is 9.47 Å². The third kappa shape index (κ3) is 3.65. The number of ether oxygens (including phenoxy) is 2. The number of piperidine rings is 1. The molecule has 1 N–H and O–H groups in total. The van der Waals surface area contributed by atoms with Gasteiger partial charge < -0.3 is 19.7 Å². The van der Waals surface area contributed by atoms with Gasteiger partial charge in [0.25, 0.3) is 5.91 Å². The Morgan fingerprint density at radius 3 is 2.44 bits per heavy atom. The minimum Gasteiger partial charge on any atom is -0.347 e. The number of hydrogen-bond acceptors (Lipinski definition) is 6. The first kappa shape index (κ1) is 17.9. The number of aryl methyl sites for hydroxylation is 2. The van der Waals surface area contributed by atoms with E-state index in [1.54, 1.807) is 11.0 Å². The van der Waals surface area contributed by atoms with Crippen molar-refractivity contribution in [3.8, 4) is 0 Å². The SMILES string of the molecule is Cc1cccc(C)c1Nc1cc(C(=O)N2CCC3(CC2)OCCO3)ncn1. The molecule has 3 heterocycles. The van der Waals surface area contributed by atoms with Crippen LogP contribution < -0.4 is 5.32 Å². The Bertz CT molecular complexity index is 819. The average molecular weight is 368 g/mol. The molecule has 1 aromatic carbocycles. The summed E-state index contributed by atoms with van der Waals surface area (Å²) in [6.07, 6.45) is 2.81. The summed E-state index contributed by atoms with van der Waals surface area (Å²) < 4.78 is 11.5. The molecule has 0 atom stereocenters. The summed E-state index contributed by atoms with van der Waals surface area (Å²) in [7, 11) is 0. The van der Waals surface area contributed by atoms with Crippen LogP contribution in [0, 0.1) is 13.8 Å². The van der Waals surface area contributed by atoms with Crippen molar-refractivity contribution in [2.45, 2.75) is 32.5 Å². The lowest BCUT2D eigenvalue weighted by atomic mass is 10.0. The Hall–Kier alpha value is -2.51. The minimum absolute atomic E-state index is 0.0881. The van der Waals surface area contributed by atoms with Crippen LogP contribution in [0.4, 0.5) is 11.5 Å². The molecule has 142 valence electrons. The number of nitrogens with one attached hydrogen (secondary N) is 1. The molecule has 1 aromatic heterocycles. The Balaban J connectivity index is 1.47. The maximum absolute atomic E-state index is 12.9. The first-order chi connectivity index (χ1) is 13.1. The molecular weight excluding hydrogens is 344 g/mol. The Kier molecular flexibility index (Phi) is 4.80. The monoisotopic (exact) mass is 368 g/mol. The van der Waals surface area contributed by atoms with Crippen LogP contribution in [0.15, 0.2) is 30.6 Å². The summed E-state index contributed by atoms with van der Waals surface area (Å²) >= 11 is 0. The first-order valence-electron chi connectivity index (χ1n) is 9.29. The third-order valence-electron chi connectivity index (χ3n) is 5.25. The van der Waals surface area contributed by atoms with Crippen molar-refractivity contribution in [2.24, 2.45) is 0 Å². The van der Waals surface area contributed by atoms with Gasteiger partial charge in [-0.1, -0.05) is 18.2 Å². The molecule has 7 heteroatoms. The molecule has 0 saturated carbocycles. The van der Waals surface area contributed by atoms with Crippen molar-refractivity contribution in [1.29, 1.82) is 0 Å². The molecule has 0 unspecified atom stereocenters. The van der Waals surface area contributed by atoms with Crippen LogP contribution in [0.2, 0.25) is 0 Å². The quantitative estimate of drug-likeness (QED) is 0.898. The fourth-order valence-corrected chi connectivity index (χ4v) is 3.68. The standard InChI is InChI=1S/C20H24N4O3/c1-14-4-3-5-15(2)18(14)23-17-12-16(21-13-22-17)19(25)24-8-6-20(7-9-24)26-10-11-27-20/h3-5,12-13H,6-11H2,1-2H3,(H,21,22,23). The fourth-order valence-electron chi connectivity index (χ4n) is 3.68. The first-order valence-corrected chi connectivity index (χ1v) is 9.29. The van der Waals surface area contributed by atoms with Crippen molar-refractivity contribution >= 4 is 17.4 Å². The summed E-state index contributed by atoms with van der Waals surface area (Å²) in [5.41, 5.74) is 3.65. The number of carbonyl (C=O) groups excluding carboxylic acids is 1. The summed E-state index contributed by atoms with van der Waals surface area (Å²) in [5, 5.41) is 3.32. The molecule has 2 fully saturated rings. The molecule has 2 aliphatic rings. The minimum atomic E-state index is -0.489. The van der Waals surface area contributed by atoms with E-state index in [1.165, 1.54) is 6.33 Å². The van der Waals surface area contributed by atoms with E-state index >= 15 is 0 Å². The number of para-hydroxylation sites is 1. The van der Waals surface area contributed by atoms with Crippen molar-refractivity contribution < 1.29 is 14.3 Å². The number of rotatable bonds is 3. The zero-order valence-corrected chi connectivity index (χ0v) is 15.7. The van der Waals surface area contributed by atoms with Crippen molar-refractivity contribution in [2.75, 3.05) is 31.6 Å². The van der Waals surface area contributed by atoms with Gasteiger partial charge in [0.2, 0.25) is 0 Å². The van der Waals surface area contributed by atoms with Crippen LogP contribution in [-0.4, -0.2) is 52.9 Å². The number of carbonyl (C=O) groups is 1. The molecule has 7 nitrogen and oxygen atoms in total. The highest BCUT2D eigenvalue weighted by molar-refractivity contribution is 5.93. The van der Waals surface area contributed by atoms with E-state index in [2.05, 4.69) is 15.3 Å². The van der Waals surface area contributed by atoms with E-state index in [1.807, 2.05) is 32.0 Å².